The highest BCUT2D eigenvalue weighted by Gasteiger charge is 2.30. The lowest BCUT2D eigenvalue weighted by molar-refractivity contribution is 0.159. The summed E-state index contributed by atoms with van der Waals surface area (Å²) in [6.45, 7) is 5.25. The van der Waals surface area contributed by atoms with Crippen molar-refractivity contribution in [1.82, 2.24) is 25.1 Å². The van der Waals surface area contributed by atoms with Crippen LogP contribution in [0.3, 0.4) is 0 Å². The number of amides is 2. The number of urea groups is 1. The maximum atomic E-state index is 12.7. The molecule has 180 valence electrons. The average molecular weight is 464 g/mol. The number of aliphatic hydroxyl groups excluding tert-OH is 1. The molecule has 1 aromatic heterocycles. The second-order valence-corrected chi connectivity index (χ2v) is 9.09. The van der Waals surface area contributed by atoms with Gasteiger partial charge in [-0.25, -0.2) is 14.8 Å². The molecule has 2 N–H and O–H groups in total. The van der Waals surface area contributed by atoms with Gasteiger partial charge in [-0.05, 0) is 43.8 Å². The zero-order chi connectivity index (χ0) is 23.8. The lowest BCUT2D eigenvalue weighted by atomic mass is 9.93. The van der Waals surface area contributed by atoms with Crippen molar-refractivity contribution in [3.63, 3.8) is 0 Å². The molecule has 34 heavy (non-hydrogen) atoms. The van der Waals surface area contributed by atoms with Gasteiger partial charge in [0.05, 0.1) is 30.6 Å². The van der Waals surface area contributed by atoms with Crippen molar-refractivity contribution < 1.29 is 9.90 Å². The molecule has 1 atom stereocenters. The van der Waals surface area contributed by atoms with Gasteiger partial charge in [0.2, 0.25) is 5.95 Å². The largest absolute Gasteiger partial charge is 0.394 e. The Kier molecular flexibility index (Phi) is 8.28. The predicted octanol–water partition coefficient (Wildman–Crippen LogP) is 1.84. The zero-order valence-corrected chi connectivity index (χ0v) is 19.5. The first-order chi connectivity index (χ1) is 16.7. The van der Waals surface area contributed by atoms with Gasteiger partial charge in [0, 0.05) is 32.7 Å². The van der Waals surface area contributed by atoms with E-state index in [9.17, 15) is 9.90 Å². The normalized spacial score (nSPS) is 19.6. The van der Waals surface area contributed by atoms with Crippen molar-refractivity contribution in [2.75, 3.05) is 50.8 Å². The molecule has 1 aromatic carbocycles. The van der Waals surface area contributed by atoms with Crippen LogP contribution in [0.15, 0.2) is 42.7 Å². The summed E-state index contributed by atoms with van der Waals surface area (Å²) in [5.74, 6) is 1.11. The summed E-state index contributed by atoms with van der Waals surface area (Å²) in [7, 11) is 0. The Morgan fingerprint density at radius 3 is 2.53 bits per heavy atom. The summed E-state index contributed by atoms with van der Waals surface area (Å²) in [4.78, 5) is 27.3. The summed E-state index contributed by atoms with van der Waals surface area (Å²) in [6, 6.07) is 12.2. The van der Waals surface area contributed by atoms with Gasteiger partial charge in [0.15, 0.2) is 0 Å². The van der Waals surface area contributed by atoms with Crippen LogP contribution in [-0.2, 0) is 6.54 Å². The van der Waals surface area contributed by atoms with Crippen LogP contribution in [0.2, 0.25) is 0 Å². The highest BCUT2D eigenvalue weighted by molar-refractivity contribution is 5.74. The number of aliphatic hydroxyl groups is 1. The minimum absolute atomic E-state index is 0.0830. The summed E-state index contributed by atoms with van der Waals surface area (Å²) in [6.07, 6.45) is 6.27. The van der Waals surface area contributed by atoms with Crippen molar-refractivity contribution in [2.24, 2.45) is 5.92 Å². The number of hydrogen-bond donors (Lipinski definition) is 2. The molecule has 2 aliphatic rings. The fourth-order valence-electron chi connectivity index (χ4n) is 4.76. The van der Waals surface area contributed by atoms with E-state index in [-0.39, 0.29) is 18.7 Å². The quantitative estimate of drug-likeness (QED) is 0.645. The SMILES string of the molecule is N#Cc1cnc(N2CCN(C(=O)NCCC3CCN(Cc4ccccc4)CC3)C[C@H]2CO)nc1. The highest BCUT2D eigenvalue weighted by Crippen LogP contribution is 2.22. The van der Waals surface area contributed by atoms with Crippen LogP contribution in [0.25, 0.3) is 0 Å². The van der Waals surface area contributed by atoms with Crippen LogP contribution in [-0.4, -0.2) is 82.8 Å². The molecule has 2 saturated heterocycles. The van der Waals surface area contributed by atoms with Gasteiger partial charge < -0.3 is 20.2 Å². The molecule has 9 heteroatoms. The van der Waals surface area contributed by atoms with E-state index in [1.807, 2.05) is 11.0 Å². The number of nitrogens with zero attached hydrogens (tertiary/aromatic N) is 6. The Morgan fingerprint density at radius 2 is 1.85 bits per heavy atom. The zero-order valence-electron chi connectivity index (χ0n) is 19.5. The number of anilines is 1. The number of hydrogen-bond acceptors (Lipinski definition) is 7. The van der Waals surface area contributed by atoms with Crippen molar-refractivity contribution >= 4 is 12.0 Å². The molecule has 3 heterocycles. The number of aromatic nitrogens is 2. The molecule has 0 saturated carbocycles. The third-order valence-corrected chi connectivity index (χ3v) is 6.79. The van der Waals surface area contributed by atoms with Crippen LogP contribution in [0.1, 0.15) is 30.4 Å². The number of piperazine rings is 1. The van der Waals surface area contributed by atoms with E-state index in [2.05, 4.69) is 50.5 Å². The van der Waals surface area contributed by atoms with Crippen LogP contribution in [0, 0.1) is 17.2 Å². The Morgan fingerprint density at radius 1 is 1.12 bits per heavy atom. The number of likely N-dealkylation sites (tertiary alicyclic amines) is 1. The van der Waals surface area contributed by atoms with E-state index in [0.29, 0.717) is 43.6 Å². The van der Waals surface area contributed by atoms with E-state index in [1.165, 1.54) is 30.8 Å². The summed E-state index contributed by atoms with van der Waals surface area (Å²) in [5, 5.41) is 21.9. The number of nitrogens with one attached hydrogen (secondary N) is 1. The first-order valence-corrected chi connectivity index (χ1v) is 12.0. The van der Waals surface area contributed by atoms with Crippen molar-refractivity contribution in [3.05, 3.63) is 53.9 Å². The van der Waals surface area contributed by atoms with E-state index in [1.54, 1.807) is 4.90 Å². The first kappa shape index (κ1) is 23.9. The molecule has 2 amide bonds. The van der Waals surface area contributed by atoms with E-state index in [4.69, 9.17) is 5.26 Å². The van der Waals surface area contributed by atoms with Crippen LogP contribution < -0.4 is 10.2 Å². The fourth-order valence-corrected chi connectivity index (χ4v) is 4.76. The average Bonchev–Trinajstić information content (AvgIpc) is 2.90. The topological polar surface area (TPSA) is 109 Å². The maximum absolute atomic E-state index is 12.7. The molecule has 4 rings (SSSR count). The highest BCUT2D eigenvalue weighted by atomic mass is 16.3. The molecule has 2 aromatic rings. The van der Waals surface area contributed by atoms with Crippen LogP contribution in [0.5, 0.6) is 0 Å². The third kappa shape index (κ3) is 6.22. The van der Waals surface area contributed by atoms with Gasteiger partial charge in [-0.15, -0.1) is 0 Å². The van der Waals surface area contributed by atoms with Gasteiger partial charge in [0.1, 0.15) is 6.07 Å². The van der Waals surface area contributed by atoms with Crippen molar-refractivity contribution in [2.45, 2.75) is 31.8 Å². The van der Waals surface area contributed by atoms with Crippen molar-refractivity contribution in [1.29, 1.82) is 5.26 Å². The minimum atomic E-state index is -0.277. The lowest BCUT2D eigenvalue weighted by Crippen LogP contribution is -2.58. The molecular weight excluding hydrogens is 430 g/mol. The Bertz CT molecular complexity index is 955. The fraction of sp³-hybridized carbons (Fsp3) is 0.520. The van der Waals surface area contributed by atoms with E-state index < -0.39 is 0 Å². The van der Waals surface area contributed by atoms with E-state index >= 15 is 0 Å². The molecule has 0 radical (unpaired) electrons. The van der Waals surface area contributed by atoms with Gasteiger partial charge in [-0.1, -0.05) is 30.3 Å². The van der Waals surface area contributed by atoms with Gasteiger partial charge >= 0.3 is 6.03 Å². The summed E-state index contributed by atoms with van der Waals surface area (Å²) < 4.78 is 0. The van der Waals surface area contributed by atoms with Crippen LogP contribution >= 0.6 is 0 Å². The second kappa shape index (κ2) is 11.8. The molecule has 9 nitrogen and oxygen atoms in total. The number of piperidine rings is 1. The smallest absolute Gasteiger partial charge is 0.317 e. The van der Waals surface area contributed by atoms with Gasteiger partial charge in [-0.2, -0.15) is 5.26 Å². The standard InChI is InChI=1S/C25H33N7O2/c26-14-22-15-28-24(29-16-22)32-13-12-31(18-23(32)19-33)25(34)27-9-6-20-7-10-30(11-8-20)17-21-4-2-1-3-5-21/h1-5,15-16,20,23,33H,6-13,17-19H2,(H,27,34)/t23-/m0/s1. The van der Waals surface area contributed by atoms with E-state index in [0.717, 1.165) is 26.1 Å². The predicted molar refractivity (Wildman–Crippen MR) is 129 cm³/mol. The molecule has 0 unspecified atom stereocenters. The third-order valence-electron chi connectivity index (χ3n) is 6.79. The second-order valence-electron chi connectivity index (χ2n) is 9.09. The number of carbonyl (C=O) groups excluding carboxylic acids is 1. The number of rotatable bonds is 7. The van der Waals surface area contributed by atoms with Crippen molar-refractivity contribution in [3.8, 4) is 6.07 Å². The summed E-state index contributed by atoms with van der Waals surface area (Å²) >= 11 is 0. The number of carbonyl (C=O) groups is 1. The molecule has 0 spiro atoms. The maximum Gasteiger partial charge on any atom is 0.317 e. The number of benzene rings is 1. The molecule has 2 fully saturated rings. The molecule has 0 bridgehead atoms. The molecular formula is C25H33N7O2. The number of nitriles is 1. The Hall–Kier alpha value is -3.22. The molecule has 2 aliphatic heterocycles. The van der Waals surface area contributed by atoms with Crippen LogP contribution in [0.4, 0.5) is 10.7 Å². The minimum Gasteiger partial charge on any atom is -0.394 e. The first-order valence-electron chi connectivity index (χ1n) is 12.0. The summed E-state index contributed by atoms with van der Waals surface area (Å²) in [5.41, 5.74) is 1.75. The Balaban J connectivity index is 1.17. The lowest BCUT2D eigenvalue weighted by Gasteiger charge is -2.40. The van der Waals surface area contributed by atoms with Gasteiger partial charge in [-0.3, -0.25) is 4.90 Å². The van der Waals surface area contributed by atoms with Gasteiger partial charge in [0.25, 0.3) is 0 Å². The Labute approximate surface area is 201 Å². The monoisotopic (exact) mass is 463 g/mol. The molecule has 0 aliphatic carbocycles.